The van der Waals surface area contributed by atoms with Gasteiger partial charge in [0.05, 0.1) is 25.3 Å². The van der Waals surface area contributed by atoms with Crippen LogP contribution in [0.5, 0.6) is 0 Å². The fourth-order valence-corrected chi connectivity index (χ4v) is 2.11. The van der Waals surface area contributed by atoms with E-state index in [0.717, 1.165) is 18.5 Å². The molecule has 2 rings (SSSR count). The lowest BCUT2D eigenvalue weighted by molar-refractivity contribution is -0.146. The molecule has 5 nitrogen and oxygen atoms in total. The van der Waals surface area contributed by atoms with Crippen molar-refractivity contribution in [2.75, 3.05) is 13.7 Å². The number of nitrogens with zero attached hydrogens (tertiary/aromatic N) is 2. The van der Waals surface area contributed by atoms with E-state index in [4.69, 9.17) is 4.74 Å². The summed E-state index contributed by atoms with van der Waals surface area (Å²) < 4.78 is 4.73. The van der Waals surface area contributed by atoms with E-state index in [1.807, 2.05) is 18.2 Å². The van der Waals surface area contributed by atoms with Crippen LogP contribution in [0.25, 0.3) is 0 Å². The van der Waals surface area contributed by atoms with Crippen LogP contribution in [0.3, 0.4) is 0 Å². The second-order valence-corrected chi connectivity index (χ2v) is 5.24. The van der Waals surface area contributed by atoms with Crippen LogP contribution < -0.4 is 0 Å². The Balaban J connectivity index is 2.04. The van der Waals surface area contributed by atoms with Crippen LogP contribution in [-0.4, -0.2) is 35.4 Å². The predicted molar refractivity (Wildman–Crippen MR) is 73.6 cm³/mol. The Bertz CT molecular complexity index is 471. The van der Waals surface area contributed by atoms with Gasteiger partial charge in [-0.05, 0) is 25.0 Å². The number of carbonyl (C=O) groups excluding carboxylic acids is 2. The van der Waals surface area contributed by atoms with Crippen molar-refractivity contribution in [2.45, 2.75) is 26.3 Å². The molecule has 1 heterocycles. The highest BCUT2D eigenvalue weighted by Crippen LogP contribution is 2.31. The van der Waals surface area contributed by atoms with Crippen molar-refractivity contribution >= 4 is 11.9 Å². The number of amides is 1. The minimum Gasteiger partial charge on any atom is -0.469 e. The maximum atomic E-state index is 12.3. The van der Waals surface area contributed by atoms with Crippen LogP contribution in [0.4, 0.5) is 0 Å². The monoisotopic (exact) mass is 276 g/mol. The largest absolute Gasteiger partial charge is 0.469 e. The quantitative estimate of drug-likeness (QED) is 0.741. The second kappa shape index (κ2) is 6.50. The fourth-order valence-electron chi connectivity index (χ4n) is 2.11. The van der Waals surface area contributed by atoms with E-state index < -0.39 is 0 Å². The molecule has 1 saturated carbocycles. The first-order valence-corrected chi connectivity index (χ1v) is 6.88. The Hall–Kier alpha value is -1.91. The van der Waals surface area contributed by atoms with Gasteiger partial charge in [-0.1, -0.05) is 13.0 Å². The average Bonchev–Trinajstić information content (AvgIpc) is 3.30. The van der Waals surface area contributed by atoms with E-state index in [1.54, 1.807) is 18.0 Å². The third-order valence-corrected chi connectivity index (χ3v) is 3.42. The molecule has 1 atom stereocenters. The number of hydrogen-bond acceptors (Lipinski definition) is 4. The number of aromatic nitrogens is 1. The average molecular weight is 276 g/mol. The minimum absolute atomic E-state index is 0.117. The highest BCUT2D eigenvalue weighted by molar-refractivity contribution is 5.82. The van der Waals surface area contributed by atoms with E-state index in [-0.39, 0.29) is 23.7 Å². The Kier molecular flexibility index (Phi) is 4.71. The number of rotatable bonds is 6. The van der Waals surface area contributed by atoms with Gasteiger partial charge in [-0.15, -0.1) is 0 Å². The summed E-state index contributed by atoms with van der Waals surface area (Å²) >= 11 is 0. The third kappa shape index (κ3) is 3.79. The van der Waals surface area contributed by atoms with Gasteiger partial charge in [0.1, 0.15) is 0 Å². The normalized spacial score (nSPS) is 15.5. The van der Waals surface area contributed by atoms with E-state index in [1.165, 1.54) is 7.11 Å². The molecule has 1 unspecified atom stereocenters. The molecule has 1 aromatic heterocycles. The highest BCUT2D eigenvalue weighted by Gasteiger charge is 2.34. The van der Waals surface area contributed by atoms with Crippen LogP contribution >= 0.6 is 0 Å². The first kappa shape index (κ1) is 14.5. The molecule has 0 bridgehead atoms. The van der Waals surface area contributed by atoms with E-state index in [2.05, 4.69) is 4.98 Å². The van der Waals surface area contributed by atoms with Crippen molar-refractivity contribution in [3.8, 4) is 0 Å². The molecule has 1 aliphatic carbocycles. The standard InChI is InChI=1S/C15H20N2O3/c1-11(15(19)20-2)9-17(14(18)12-6-7-12)10-13-5-3-4-8-16-13/h3-5,8,11-12H,6-7,9-10H2,1-2H3. The number of carbonyl (C=O) groups is 2. The SMILES string of the molecule is COC(=O)C(C)CN(Cc1ccccn1)C(=O)C1CC1. The van der Waals surface area contributed by atoms with Crippen molar-refractivity contribution in [3.63, 3.8) is 0 Å². The first-order chi connectivity index (χ1) is 9.61. The zero-order valence-corrected chi connectivity index (χ0v) is 11.9. The van der Waals surface area contributed by atoms with Gasteiger partial charge in [-0.3, -0.25) is 14.6 Å². The fraction of sp³-hybridized carbons (Fsp3) is 0.533. The predicted octanol–water partition coefficient (Wildman–Crippen LogP) is 1.63. The summed E-state index contributed by atoms with van der Waals surface area (Å²) in [5.41, 5.74) is 0.832. The topological polar surface area (TPSA) is 59.5 Å². The summed E-state index contributed by atoms with van der Waals surface area (Å²) in [4.78, 5) is 29.8. The van der Waals surface area contributed by atoms with Gasteiger partial charge >= 0.3 is 5.97 Å². The Morgan fingerprint density at radius 3 is 2.75 bits per heavy atom. The minimum atomic E-state index is -0.327. The molecule has 0 aromatic carbocycles. The maximum Gasteiger partial charge on any atom is 0.310 e. The van der Waals surface area contributed by atoms with E-state index in [0.29, 0.717) is 13.1 Å². The van der Waals surface area contributed by atoms with Crippen molar-refractivity contribution < 1.29 is 14.3 Å². The lowest BCUT2D eigenvalue weighted by atomic mass is 10.1. The van der Waals surface area contributed by atoms with Crippen LogP contribution in [0.2, 0.25) is 0 Å². The summed E-state index contributed by atoms with van der Waals surface area (Å²) in [7, 11) is 1.37. The van der Waals surface area contributed by atoms with Crippen molar-refractivity contribution in [3.05, 3.63) is 30.1 Å². The van der Waals surface area contributed by atoms with Crippen LogP contribution in [0, 0.1) is 11.8 Å². The second-order valence-electron chi connectivity index (χ2n) is 5.24. The number of esters is 1. The molecule has 20 heavy (non-hydrogen) atoms. The molecule has 1 aliphatic rings. The molecule has 0 radical (unpaired) electrons. The first-order valence-electron chi connectivity index (χ1n) is 6.88. The van der Waals surface area contributed by atoms with Gasteiger partial charge in [-0.2, -0.15) is 0 Å². The lowest BCUT2D eigenvalue weighted by Crippen LogP contribution is -2.37. The van der Waals surface area contributed by atoms with E-state index >= 15 is 0 Å². The lowest BCUT2D eigenvalue weighted by Gasteiger charge is -2.24. The Morgan fingerprint density at radius 1 is 1.45 bits per heavy atom. The zero-order chi connectivity index (χ0) is 14.5. The van der Waals surface area contributed by atoms with Crippen molar-refractivity contribution in [2.24, 2.45) is 11.8 Å². The number of ether oxygens (including phenoxy) is 1. The molecule has 0 saturated heterocycles. The molecule has 108 valence electrons. The number of pyridine rings is 1. The smallest absolute Gasteiger partial charge is 0.310 e. The molecule has 5 heteroatoms. The summed E-state index contributed by atoms with van der Waals surface area (Å²) in [5.74, 6) is -0.374. The summed E-state index contributed by atoms with van der Waals surface area (Å²) in [6.45, 7) is 2.59. The number of methoxy groups -OCH3 is 1. The molecule has 1 fully saturated rings. The summed E-state index contributed by atoms with van der Waals surface area (Å²) in [5, 5.41) is 0. The van der Waals surface area contributed by atoms with E-state index in [9.17, 15) is 9.59 Å². The van der Waals surface area contributed by atoms with Gasteiger partial charge in [-0.25, -0.2) is 0 Å². The van der Waals surface area contributed by atoms with Crippen molar-refractivity contribution in [1.29, 1.82) is 0 Å². The zero-order valence-electron chi connectivity index (χ0n) is 11.9. The van der Waals surface area contributed by atoms with Crippen LogP contribution in [-0.2, 0) is 20.9 Å². The molecule has 0 aliphatic heterocycles. The van der Waals surface area contributed by atoms with Crippen LogP contribution in [0.15, 0.2) is 24.4 Å². The molecule has 0 spiro atoms. The molecular weight excluding hydrogens is 256 g/mol. The Morgan fingerprint density at radius 2 is 2.20 bits per heavy atom. The van der Waals surface area contributed by atoms with Crippen molar-refractivity contribution in [1.82, 2.24) is 9.88 Å². The number of hydrogen-bond donors (Lipinski definition) is 0. The van der Waals surface area contributed by atoms with Gasteiger partial charge in [0.2, 0.25) is 5.91 Å². The van der Waals surface area contributed by atoms with Gasteiger partial charge in [0.15, 0.2) is 0 Å². The molecule has 1 aromatic rings. The van der Waals surface area contributed by atoms with Gasteiger partial charge in [0, 0.05) is 18.7 Å². The van der Waals surface area contributed by atoms with Crippen LogP contribution in [0.1, 0.15) is 25.5 Å². The maximum absolute atomic E-state index is 12.3. The highest BCUT2D eigenvalue weighted by atomic mass is 16.5. The molecule has 1 amide bonds. The summed E-state index contributed by atoms with van der Waals surface area (Å²) in [6.07, 6.45) is 3.60. The van der Waals surface area contributed by atoms with Gasteiger partial charge < -0.3 is 9.64 Å². The van der Waals surface area contributed by atoms with Gasteiger partial charge in [0.25, 0.3) is 0 Å². The molecular formula is C15H20N2O3. The Labute approximate surface area is 118 Å². The summed E-state index contributed by atoms with van der Waals surface area (Å²) in [6, 6.07) is 5.62. The third-order valence-electron chi connectivity index (χ3n) is 3.42. The molecule has 0 N–H and O–H groups in total.